The summed E-state index contributed by atoms with van der Waals surface area (Å²) in [7, 11) is 1.72. The van der Waals surface area contributed by atoms with Crippen LogP contribution in [0.1, 0.15) is 13.3 Å². The van der Waals surface area contributed by atoms with E-state index in [0.717, 1.165) is 18.9 Å². The maximum Gasteiger partial charge on any atom is 0.166 e. The van der Waals surface area contributed by atoms with Crippen molar-refractivity contribution in [2.75, 3.05) is 40.0 Å². The first-order valence-electron chi connectivity index (χ1n) is 5.98. The number of rotatable bonds is 5. The minimum absolute atomic E-state index is 0.263. The van der Waals surface area contributed by atoms with Crippen molar-refractivity contribution in [2.45, 2.75) is 19.4 Å². The molecule has 1 N–H and O–H groups in total. The Labute approximate surface area is 103 Å². The summed E-state index contributed by atoms with van der Waals surface area (Å²) in [6.45, 7) is 9.02. The molecule has 1 aliphatic rings. The van der Waals surface area contributed by atoms with E-state index in [0.29, 0.717) is 25.4 Å². The summed E-state index contributed by atoms with van der Waals surface area (Å²) in [4.78, 5) is 6.28. The van der Waals surface area contributed by atoms with Gasteiger partial charge < -0.3 is 19.5 Å². The van der Waals surface area contributed by atoms with E-state index in [1.54, 1.807) is 7.05 Å². The fourth-order valence-electron chi connectivity index (χ4n) is 1.60. The summed E-state index contributed by atoms with van der Waals surface area (Å²) in [5.74, 6) is 1.26. The van der Waals surface area contributed by atoms with Crippen molar-refractivity contribution in [3.8, 4) is 0 Å². The molecule has 0 aromatic carbocycles. The van der Waals surface area contributed by atoms with Crippen molar-refractivity contribution in [3.05, 3.63) is 12.3 Å². The van der Waals surface area contributed by atoms with Gasteiger partial charge in [-0.05, 0) is 6.42 Å². The Balaban J connectivity index is 2.46. The highest BCUT2D eigenvalue weighted by atomic mass is 16.5. The van der Waals surface area contributed by atoms with Crippen molar-refractivity contribution in [3.63, 3.8) is 0 Å². The maximum atomic E-state index is 9.43. The summed E-state index contributed by atoms with van der Waals surface area (Å²) < 4.78 is 10.7. The molecule has 0 amide bonds. The predicted molar refractivity (Wildman–Crippen MR) is 67.1 cm³/mol. The Hall–Kier alpha value is -1.07. The third-order valence-electron chi connectivity index (χ3n) is 2.69. The first kappa shape index (κ1) is 14.0. The monoisotopic (exact) mass is 242 g/mol. The molecule has 17 heavy (non-hydrogen) atoms. The quantitative estimate of drug-likeness (QED) is 0.437. The van der Waals surface area contributed by atoms with Crippen LogP contribution in [0, 0.1) is 0 Å². The smallest absolute Gasteiger partial charge is 0.166 e. The normalized spacial score (nSPS) is 19.0. The van der Waals surface area contributed by atoms with Gasteiger partial charge in [0.25, 0.3) is 0 Å². The molecule has 1 unspecified atom stereocenters. The molecule has 0 aliphatic carbocycles. The molecule has 1 saturated heterocycles. The molecule has 0 spiro atoms. The van der Waals surface area contributed by atoms with Gasteiger partial charge in [0.1, 0.15) is 6.61 Å². The highest BCUT2D eigenvalue weighted by molar-refractivity contribution is 5.96. The van der Waals surface area contributed by atoms with Crippen molar-refractivity contribution in [1.29, 1.82) is 0 Å². The Morgan fingerprint density at radius 2 is 2.18 bits per heavy atom. The summed E-state index contributed by atoms with van der Waals surface area (Å²) in [6.07, 6.45) is 0.221. The third-order valence-corrected chi connectivity index (χ3v) is 2.69. The molecule has 5 nitrogen and oxygen atoms in total. The van der Waals surface area contributed by atoms with Gasteiger partial charge in [0, 0.05) is 20.1 Å². The number of amidine groups is 1. The standard InChI is InChI=1S/C12H22N2O3/c1-4-11(15)9-17-10(2)12(13-3)14-5-7-16-8-6-14/h11,15H,2,4-9H2,1,3H3. The zero-order valence-electron chi connectivity index (χ0n) is 10.7. The van der Waals surface area contributed by atoms with Crippen LogP contribution in [0.2, 0.25) is 0 Å². The molecule has 5 heteroatoms. The maximum absolute atomic E-state index is 9.43. The highest BCUT2D eigenvalue weighted by Gasteiger charge is 2.18. The van der Waals surface area contributed by atoms with Gasteiger partial charge in [0.15, 0.2) is 11.6 Å². The zero-order chi connectivity index (χ0) is 12.7. The zero-order valence-corrected chi connectivity index (χ0v) is 10.7. The lowest BCUT2D eigenvalue weighted by molar-refractivity contribution is 0.0589. The fourth-order valence-corrected chi connectivity index (χ4v) is 1.60. The molecule has 0 radical (unpaired) electrons. The molecule has 0 bridgehead atoms. The second kappa shape index (κ2) is 7.29. The van der Waals surface area contributed by atoms with Gasteiger partial charge in [0.2, 0.25) is 0 Å². The molecule has 1 heterocycles. The van der Waals surface area contributed by atoms with Crippen LogP contribution >= 0.6 is 0 Å². The molecule has 1 aliphatic heterocycles. The number of nitrogens with zero attached hydrogens (tertiary/aromatic N) is 2. The number of morpholine rings is 1. The van der Waals surface area contributed by atoms with E-state index in [9.17, 15) is 5.11 Å². The van der Waals surface area contributed by atoms with Gasteiger partial charge in [-0.25, -0.2) is 0 Å². The summed E-state index contributed by atoms with van der Waals surface area (Å²) in [6, 6.07) is 0. The molecule has 1 atom stereocenters. The van der Waals surface area contributed by atoms with Gasteiger partial charge >= 0.3 is 0 Å². The first-order valence-corrected chi connectivity index (χ1v) is 5.98. The van der Waals surface area contributed by atoms with E-state index >= 15 is 0 Å². The van der Waals surface area contributed by atoms with Crippen molar-refractivity contribution in [2.24, 2.45) is 4.99 Å². The molecular weight excluding hydrogens is 220 g/mol. The van der Waals surface area contributed by atoms with Crippen LogP contribution in [0.3, 0.4) is 0 Å². The Kier molecular flexibility index (Phi) is 6.00. The lowest BCUT2D eigenvalue weighted by Crippen LogP contribution is -2.42. The molecule has 0 aromatic rings. The van der Waals surface area contributed by atoms with Crippen LogP contribution in [0.15, 0.2) is 17.3 Å². The SMILES string of the molecule is C=C(OCC(O)CC)C(=NC)N1CCOCC1. The van der Waals surface area contributed by atoms with Gasteiger partial charge in [0.05, 0.1) is 19.3 Å². The fraction of sp³-hybridized carbons (Fsp3) is 0.750. The minimum atomic E-state index is -0.449. The van der Waals surface area contributed by atoms with E-state index in [1.807, 2.05) is 6.92 Å². The van der Waals surface area contributed by atoms with E-state index in [4.69, 9.17) is 9.47 Å². The Morgan fingerprint density at radius 3 is 2.71 bits per heavy atom. The van der Waals surface area contributed by atoms with Crippen LogP contribution in [0.25, 0.3) is 0 Å². The lowest BCUT2D eigenvalue weighted by Gasteiger charge is -2.30. The molecular formula is C12H22N2O3. The van der Waals surface area contributed by atoms with E-state index < -0.39 is 6.10 Å². The van der Waals surface area contributed by atoms with Crippen LogP contribution in [-0.4, -0.2) is 61.9 Å². The predicted octanol–water partition coefficient (Wildman–Crippen LogP) is 0.648. The number of aliphatic hydroxyl groups excluding tert-OH is 1. The van der Waals surface area contributed by atoms with Gasteiger partial charge in [-0.2, -0.15) is 0 Å². The summed E-state index contributed by atoms with van der Waals surface area (Å²) in [5, 5.41) is 9.43. The lowest BCUT2D eigenvalue weighted by atomic mass is 10.3. The van der Waals surface area contributed by atoms with Crippen molar-refractivity contribution >= 4 is 5.84 Å². The Bertz CT molecular complexity index is 273. The topological polar surface area (TPSA) is 54.3 Å². The van der Waals surface area contributed by atoms with E-state index in [-0.39, 0.29) is 6.61 Å². The van der Waals surface area contributed by atoms with Gasteiger partial charge in [-0.15, -0.1) is 0 Å². The van der Waals surface area contributed by atoms with Crippen LogP contribution in [0.5, 0.6) is 0 Å². The van der Waals surface area contributed by atoms with E-state index in [1.165, 1.54) is 0 Å². The molecule has 0 saturated carbocycles. The average Bonchev–Trinajstić information content (AvgIpc) is 2.38. The van der Waals surface area contributed by atoms with Gasteiger partial charge in [-0.3, -0.25) is 4.99 Å². The van der Waals surface area contributed by atoms with Crippen molar-refractivity contribution in [1.82, 2.24) is 4.90 Å². The van der Waals surface area contributed by atoms with Crippen LogP contribution in [0.4, 0.5) is 0 Å². The van der Waals surface area contributed by atoms with Crippen molar-refractivity contribution < 1.29 is 14.6 Å². The molecule has 1 rings (SSSR count). The average molecular weight is 242 g/mol. The second-order valence-electron chi connectivity index (χ2n) is 3.94. The first-order chi connectivity index (χ1) is 8.19. The van der Waals surface area contributed by atoms with Crippen LogP contribution in [-0.2, 0) is 9.47 Å². The number of hydrogen-bond acceptors (Lipinski definition) is 4. The molecule has 0 aromatic heterocycles. The molecule has 98 valence electrons. The Morgan fingerprint density at radius 1 is 1.53 bits per heavy atom. The highest BCUT2D eigenvalue weighted by Crippen LogP contribution is 2.08. The van der Waals surface area contributed by atoms with Crippen LogP contribution < -0.4 is 0 Å². The largest absolute Gasteiger partial charge is 0.488 e. The number of ether oxygens (including phenoxy) is 2. The van der Waals surface area contributed by atoms with E-state index in [2.05, 4.69) is 16.5 Å². The third kappa shape index (κ3) is 4.36. The summed E-state index contributed by atoms with van der Waals surface area (Å²) >= 11 is 0. The summed E-state index contributed by atoms with van der Waals surface area (Å²) in [5.41, 5.74) is 0. The number of aliphatic hydroxyl groups is 1. The molecule has 1 fully saturated rings. The number of hydrogen-bond donors (Lipinski definition) is 1. The number of aliphatic imine (C=N–C) groups is 1. The minimum Gasteiger partial charge on any atom is -0.488 e. The second-order valence-corrected chi connectivity index (χ2v) is 3.94. The van der Waals surface area contributed by atoms with Gasteiger partial charge in [-0.1, -0.05) is 13.5 Å².